The number of rotatable bonds is 5. The first-order valence-corrected chi connectivity index (χ1v) is 6.05. The third-order valence-corrected chi connectivity index (χ3v) is 2.89. The van der Waals surface area contributed by atoms with Gasteiger partial charge in [0.1, 0.15) is 11.6 Å². The molecule has 2 rings (SSSR count). The fourth-order valence-corrected chi connectivity index (χ4v) is 1.85. The zero-order valence-electron chi connectivity index (χ0n) is 10.8. The van der Waals surface area contributed by atoms with Gasteiger partial charge in [0.2, 0.25) is 5.82 Å². The summed E-state index contributed by atoms with van der Waals surface area (Å²) in [5.41, 5.74) is -0.437. The standard InChI is InChI=1S/C14H11F3N2O2/c15-11-4-5-12(16)10(6-11)8-18-7-9-2-1-3-13(14(9)17)19(20)21/h1-6,18H,7-8H2. The van der Waals surface area contributed by atoms with Gasteiger partial charge in [-0.2, -0.15) is 4.39 Å². The second-order valence-corrected chi connectivity index (χ2v) is 4.35. The van der Waals surface area contributed by atoms with E-state index in [9.17, 15) is 23.3 Å². The SMILES string of the molecule is O=[N+]([O-])c1cccc(CNCc2cc(F)ccc2F)c1F. The van der Waals surface area contributed by atoms with Crippen molar-refractivity contribution >= 4 is 5.69 Å². The fraction of sp³-hybridized carbons (Fsp3) is 0.143. The third kappa shape index (κ3) is 3.57. The number of nitrogens with zero attached hydrogens (tertiary/aromatic N) is 1. The van der Waals surface area contributed by atoms with Gasteiger partial charge in [0, 0.05) is 30.3 Å². The minimum atomic E-state index is -0.935. The van der Waals surface area contributed by atoms with E-state index in [1.54, 1.807) is 0 Å². The van der Waals surface area contributed by atoms with E-state index in [0.717, 1.165) is 24.3 Å². The minimum Gasteiger partial charge on any atom is -0.308 e. The number of hydrogen-bond donors (Lipinski definition) is 1. The Bertz CT molecular complexity index is 677. The summed E-state index contributed by atoms with van der Waals surface area (Å²) in [5.74, 6) is -2.09. The Labute approximate surface area is 118 Å². The topological polar surface area (TPSA) is 55.2 Å². The molecule has 0 aliphatic heterocycles. The average molecular weight is 296 g/mol. The second kappa shape index (κ2) is 6.36. The first-order valence-electron chi connectivity index (χ1n) is 6.05. The highest BCUT2D eigenvalue weighted by Gasteiger charge is 2.16. The first kappa shape index (κ1) is 15.0. The molecule has 0 aliphatic rings. The highest BCUT2D eigenvalue weighted by atomic mass is 19.1. The first-order chi connectivity index (χ1) is 9.99. The smallest absolute Gasteiger partial charge is 0.305 e. The van der Waals surface area contributed by atoms with E-state index < -0.39 is 28.1 Å². The monoisotopic (exact) mass is 296 g/mol. The van der Waals surface area contributed by atoms with Crippen LogP contribution in [-0.4, -0.2) is 4.92 Å². The molecule has 110 valence electrons. The number of nitro groups is 1. The molecule has 0 spiro atoms. The summed E-state index contributed by atoms with van der Waals surface area (Å²) in [4.78, 5) is 9.79. The zero-order chi connectivity index (χ0) is 15.4. The largest absolute Gasteiger partial charge is 0.308 e. The molecule has 0 heterocycles. The van der Waals surface area contributed by atoms with Gasteiger partial charge in [-0.1, -0.05) is 12.1 Å². The maximum absolute atomic E-state index is 13.8. The molecule has 1 N–H and O–H groups in total. The van der Waals surface area contributed by atoms with Crippen molar-refractivity contribution in [3.63, 3.8) is 0 Å². The Morgan fingerprint density at radius 2 is 1.76 bits per heavy atom. The second-order valence-electron chi connectivity index (χ2n) is 4.35. The van der Waals surface area contributed by atoms with Gasteiger partial charge in [-0.05, 0) is 18.2 Å². The van der Waals surface area contributed by atoms with Gasteiger partial charge in [-0.25, -0.2) is 8.78 Å². The summed E-state index contributed by atoms with van der Waals surface area (Å²) >= 11 is 0. The van der Waals surface area contributed by atoms with Crippen molar-refractivity contribution in [3.05, 3.63) is 75.1 Å². The number of nitrogens with one attached hydrogen (secondary N) is 1. The molecule has 0 aromatic heterocycles. The van der Waals surface area contributed by atoms with E-state index in [4.69, 9.17) is 0 Å². The lowest BCUT2D eigenvalue weighted by molar-refractivity contribution is -0.387. The van der Waals surface area contributed by atoms with Gasteiger partial charge < -0.3 is 5.32 Å². The molecular weight excluding hydrogens is 285 g/mol. The maximum atomic E-state index is 13.8. The summed E-state index contributed by atoms with van der Waals surface area (Å²) in [6.45, 7) is -0.0603. The van der Waals surface area contributed by atoms with E-state index in [1.165, 1.54) is 12.1 Å². The van der Waals surface area contributed by atoms with Crippen LogP contribution >= 0.6 is 0 Å². The van der Waals surface area contributed by atoms with Crippen LogP contribution in [0, 0.1) is 27.6 Å². The van der Waals surface area contributed by atoms with Gasteiger partial charge >= 0.3 is 5.69 Å². The van der Waals surface area contributed by atoms with Gasteiger partial charge in [-0.3, -0.25) is 10.1 Å². The molecule has 0 bridgehead atoms. The molecule has 4 nitrogen and oxygen atoms in total. The van der Waals surface area contributed by atoms with Crippen molar-refractivity contribution in [3.8, 4) is 0 Å². The van der Waals surface area contributed by atoms with E-state index >= 15 is 0 Å². The average Bonchev–Trinajstić information content (AvgIpc) is 2.44. The van der Waals surface area contributed by atoms with Crippen molar-refractivity contribution in [1.82, 2.24) is 5.32 Å². The lowest BCUT2D eigenvalue weighted by Crippen LogP contribution is -2.15. The minimum absolute atomic E-state index is 0.0221. The van der Waals surface area contributed by atoms with Crippen LogP contribution in [0.3, 0.4) is 0 Å². The summed E-state index contributed by atoms with van der Waals surface area (Å²) in [6.07, 6.45) is 0. The zero-order valence-corrected chi connectivity index (χ0v) is 10.8. The van der Waals surface area contributed by atoms with Crippen molar-refractivity contribution < 1.29 is 18.1 Å². The predicted octanol–water partition coefficient (Wildman–Crippen LogP) is 3.30. The Morgan fingerprint density at radius 3 is 2.48 bits per heavy atom. The van der Waals surface area contributed by atoms with Crippen LogP contribution in [0.4, 0.5) is 18.9 Å². The Hall–Kier alpha value is -2.41. The molecule has 0 fully saturated rings. The lowest BCUT2D eigenvalue weighted by atomic mass is 10.1. The van der Waals surface area contributed by atoms with Crippen LogP contribution in [0.15, 0.2) is 36.4 Å². The molecule has 7 heteroatoms. The Kier molecular flexibility index (Phi) is 4.54. The Morgan fingerprint density at radius 1 is 1.05 bits per heavy atom. The van der Waals surface area contributed by atoms with Crippen LogP contribution in [-0.2, 0) is 13.1 Å². The number of nitro benzene ring substituents is 1. The van der Waals surface area contributed by atoms with Crippen molar-refractivity contribution in [2.24, 2.45) is 0 Å². The van der Waals surface area contributed by atoms with Crippen LogP contribution in [0.1, 0.15) is 11.1 Å². The van der Waals surface area contributed by atoms with Gasteiger partial charge in [0.05, 0.1) is 4.92 Å². The van der Waals surface area contributed by atoms with E-state index in [0.29, 0.717) is 0 Å². The highest BCUT2D eigenvalue weighted by molar-refractivity contribution is 5.36. The lowest BCUT2D eigenvalue weighted by Gasteiger charge is -2.07. The number of halogens is 3. The van der Waals surface area contributed by atoms with Gasteiger partial charge in [0.25, 0.3) is 0 Å². The number of hydrogen-bond acceptors (Lipinski definition) is 3. The summed E-state index contributed by atoms with van der Waals surface area (Å²) < 4.78 is 40.1. The van der Waals surface area contributed by atoms with Crippen LogP contribution < -0.4 is 5.32 Å². The summed E-state index contributed by atoms with van der Waals surface area (Å²) in [6, 6.07) is 6.84. The quantitative estimate of drug-likeness (QED) is 0.680. The highest BCUT2D eigenvalue weighted by Crippen LogP contribution is 2.20. The van der Waals surface area contributed by atoms with Gasteiger partial charge in [0.15, 0.2) is 0 Å². The van der Waals surface area contributed by atoms with Crippen LogP contribution in [0.5, 0.6) is 0 Å². The van der Waals surface area contributed by atoms with E-state index in [1.807, 2.05) is 0 Å². The van der Waals surface area contributed by atoms with Crippen molar-refractivity contribution in [2.45, 2.75) is 13.1 Å². The third-order valence-electron chi connectivity index (χ3n) is 2.89. The molecular formula is C14H11F3N2O2. The van der Waals surface area contributed by atoms with E-state index in [2.05, 4.69) is 5.32 Å². The summed E-state index contributed by atoms with van der Waals surface area (Å²) in [5, 5.41) is 13.3. The maximum Gasteiger partial charge on any atom is 0.305 e. The van der Waals surface area contributed by atoms with E-state index in [-0.39, 0.29) is 24.2 Å². The molecule has 0 atom stereocenters. The Balaban J connectivity index is 2.05. The molecule has 0 aliphatic carbocycles. The normalized spacial score (nSPS) is 10.6. The summed E-state index contributed by atoms with van der Waals surface area (Å²) in [7, 11) is 0. The van der Waals surface area contributed by atoms with Gasteiger partial charge in [-0.15, -0.1) is 0 Å². The molecule has 21 heavy (non-hydrogen) atoms. The molecule has 0 saturated heterocycles. The van der Waals surface area contributed by atoms with Crippen molar-refractivity contribution in [1.29, 1.82) is 0 Å². The molecule has 0 radical (unpaired) electrons. The molecule has 2 aromatic carbocycles. The van der Waals surface area contributed by atoms with Crippen molar-refractivity contribution in [2.75, 3.05) is 0 Å². The predicted molar refractivity (Wildman–Crippen MR) is 70.0 cm³/mol. The molecule has 0 saturated carbocycles. The fourth-order valence-electron chi connectivity index (χ4n) is 1.85. The van der Waals surface area contributed by atoms with Crippen LogP contribution in [0.25, 0.3) is 0 Å². The number of benzene rings is 2. The molecule has 2 aromatic rings. The van der Waals surface area contributed by atoms with Crippen LogP contribution in [0.2, 0.25) is 0 Å². The molecule has 0 amide bonds. The molecule has 0 unspecified atom stereocenters.